The molecular weight excluding hydrogens is 236 g/mol. The van der Waals surface area contributed by atoms with Gasteiger partial charge in [-0.1, -0.05) is 38.3 Å². The highest BCUT2D eigenvalue weighted by Crippen LogP contribution is 2.39. The molecule has 0 spiro atoms. The summed E-state index contributed by atoms with van der Waals surface area (Å²) in [5.41, 5.74) is 0.480. The standard InChI is InChI=1S/C16H22N2O/c1-3-13-8-6-7-11-16(13,12-17)18-14-9-4-5-10-15(14)19-2/h4-5,9-10,13,18H,3,6-8,11H2,1-2H3. The maximum atomic E-state index is 9.71. The summed E-state index contributed by atoms with van der Waals surface area (Å²) in [6.45, 7) is 2.17. The SMILES string of the molecule is CCC1CCCCC1(C#N)Nc1ccccc1OC. The van der Waals surface area contributed by atoms with Crippen LogP contribution in [0.3, 0.4) is 0 Å². The molecule has 3 heteroatoms. The normalized spacial score (nSPS) is 26.5. The van der Waals surface area contributed by atoms with E-state index in [2.05, 4.69) is 18.3 Å². The largest absolute Gasteiger partial charge is 0.495 e. The third-order valence-electron chi connectivity index (χ3n) is 4.23. The van der Waals surface area contributed by atoms with Crippen LogP contribution in [-0.4, -0.2) is 12.6 Å². The molecule has 2 rings (SSSR count). The van der Waals surface area contributed by atoms with Crippen molar-refractivity contribution in [3.05, 3.63) is 24.3 Å². The molecule has 1 N–H and O–H groups in total. The van der Waals surface area contributed by atoms with Crippen molar-refractivity contribution in [3.8, 4) is 11.8 Å². The van der Waals surface area contributed by atoms with Gasteiger partial charge in [0.25, 0.3) is 0 Å². The summed E-state index contributed by atoms with van der Waals surface area (Å²) in [5, 5.41) is 13.2. The van der Waals surface area contributed by atoms with Crippen LogP contribution in [0.4, 0.5) is 5.69 Å². The Kier molecular flexibility index (Phi) is 4.31. The van der Waals surface area contributed by atoms with E-state index >= 15 is 0 Å². The third kappa shape index (κ3) is 2.68. The second kappa shape index (κ2) is 5.97. The summed E-state index contributed by atoms with van der Waals surface area (Å²) in [5.74, 6) is 1.22. The van der Waals surface area contributed by atoms with Gasteiger partial charge in [-0.15, -0.1) is 0 Å². The molecule has 2 atom stereocenters. The Hall–Kier alpha value is -1.69. The monoisotopic (exact) mass is 258 g/mol. The Labute approximate surface area is 115 Å². The molecule has 1 aromatic carbocycles. The van der Waals surface area contributed by atoms with E-state index in [1.165, 1.54) is 6.42 Å². The molecule has 0 radical (unpaired) electrons. The minimum Gasteiger partial charge on any atom is -0.495 e. The first-order chi connectivity index (χ1) is 9.25. The van der Waals surface area contributed by atoms with Gasteiger partial charge in [-0.05, 0) is 30.9 Å². The molecule has 1 aliphatic carbocycles. The topological polar surface area (TPSA) is 45.0 Å². The highest BCUT2D eigenvalue weighted by molar-refractivity contribution is 5.59. The van der Waals surface area contributed by atoms with E-state index in [1.807, 2.05) is 24.3 Å². The fourth-order valence-electron chi connectivity index (χ4n) is 3.13. The number of hydrogen-bond donors (Lipinski definition) is 1. The number of rotatable bonds is 4. The minimum absolute atomic E-state index is 0.413. The van der Waals surface area contributed by atoms with Crippen molar-refractivity contribution in [3.63, 3.8) is 0 Å². The number of methoxy groups -OCH3 is 1. The van der Waals surface area contributed by atoms with E-state index in [0.29, 0.717) is 5.92 Å². The number of benzene rings is 1. The summed E-state index contributed by atoms with van der Waals surface area (Å²) >= 11 is 0. The van der Waals surface area contributed by atoms with Crippen LogP contribution in [-0.2, 0) is 0 Å². The maximum absolute atomic E-state index is 9.71. The lowest BCUT2D eigenvalue weighted by atomic mass is 9.72. The second-order valence-corrected chi connectivity index (χ2v) is 5.26. The van der Waals surface area contributed by atoms with Gasteiger partial charge in [0.2, 0.25) is 0 Å². The molecule has 102 valence electrons. The van der Waals surface area contributed by atoms with Gasteiger partial charge < -0.3 is 10.1 Å². The van der Waals surface area contributed by atoms with E-state index in [-0.39, 0.29) is 0 Å². The number of nitrogens with one attached hydrogen (secondary N) is 1. The van der Waals surface area contributed by atoms with Crippen molar-refractivity contribution >= 4 is 5.69 Å². The lowest BCUT2D eigenvalue weighted by molar-refractivity contribution is 0.258. The zero-order valence-electron chi connectivity index (χ0n) is 11.8. The smallest absolute Gasteiger partial charge is 0.141 e. The zero-order valence-corrected chi connectivity index (χ0v) is 11.8. The molecule has 1 aliphatic rings. The molecule has 1 saturated carbocycles. The molecule has 0 aromatic heterocycles. The highest BCUT2D eigenvalue weighted by atomic mass is 16.5. The molecule has 1 fully saturated rings. The number of nitriles is 1. The molecule has 0 saturated heterocycles. The average molecular weight is 258 g/mol. The predicted octanol–water partition coefficient (Wildman–Crippen LogP) is 3.97. The van der Waals surface area contributed by atoms with Crippen molar-refractivity contribution in [1.29, 1.82) is 5.26 Å². The van der Waals surface area contributed by atoms with Crippen molar-refractivity contribution in [2.45, 2.75) is 44.6 Å². The first-order valence-electron chi connectivity index (χ1n) is 7.08. The molecule has 3 nitrogen and oxygen atoms in total. The van der Waals surface area contributed by atoms with E-state index in [9.17, 15) is 5.26 Å². The van der Waals surface area contributed by atoms with E-state index in [1.54, 1.807) is 7.11 Å². The van der Waals surface area contributed by atoms with E-state index in [4.69, 9.17) is 4.74 Å². The van der Waals surface area contributed by atoms with Crippen molar-refractivity contribution in [1.82, 2.24) is 0 Å². The molecule has 0 amide bonds. The summed E-state index contributed by atoms with van der Waals surface area (Å²) in [4.78, 5) is 0. The molecule has 0 aliphatic heterocycles. The van der Waals surface area contributed by atoms with Gasteiger partial charge in [-0.25, -0.2) is 0 Å². The van der Waals surface area contributed by atoms with Gasteiger partial charge in [0.1, 0.15) is 11.3 Å². The average Bonchev–Trinajstić information content (AvgIpc) is 2.48. The van der Waals surface area contributed by atoms with E-state index in [0.717, 1.165) is 37.1 Å². The Bertz CT molecular complexity index is 466. The van der Waals surface area contributed by atoms with Crippen LogP contribution >= 0.6 is 0 Å². The van der Waals surface area contributed by atoms with Gasteiger partial charge in [0.15, 0.2) is 0 Å². The van der Waals surface area contributed by atoms with Gasteiger partial charge in [-0.3, -0.25) is 0 Å². The zero-order chi connectivity index (χ0) is 13.7. The summed E-state index contributed by atoms with van der Waals surface area (Å²) in [6.07, 6.45) is 5.43. The Morgan fingerprint density at radius 1 is 1.42 bits per heavy atom. The van der Waals surface area contributed by atoms with Crippen molar-refractivity contribution < 1.29 is 4.74 Å². The van der Waals surface area contributed by atoms with Gasteiger partial charge >= 0.3 is 0 Å². The molecule has 0 heterocycles. The van der Waals surface area contributed by atoms with Gasteiger partial charge in [0.05, 0.1) is 18.9 Å². The molecule has 19 heavy (non-hydrogen) atoms. The minimum atomic E-state index is -0.443. The quantitative estimate of drug-likeness (QED) is 0.888. The summed E-state index contributed by atoms with van der Waals surface area (Å²) in [7, 11) is 1.66. The van der Waals surface area contributed by atoms with Crippen molar-refractivity contribution in [2.75, 3.05) is 12.4 Å². The molecular formula is C16H22N2O. The van der Waals surface area contributed by atoms with E-state index < -0.39 is 5.54 Å². The van der Waals surface area contributed by atoms with Crippen LogP contribution < -0.4 is 10.1 Å². The Morgan fingerprint density at radius 3 is 2.89 bits per heavy atom. The number of ether oxygens (including phenoxy) is 1. The Balaban J connectivity index is 2.29. The second-order valence-electron chi connectivity index (χ2n) is 5.26. The first-order valence-corrected chi connectivity index (χ1v) is 7.08. The van der Waals surface area contributed by atoms with Gasteiger partial charge in [-0.2, -0.15) is 5.26 Å². The lowest BCUT2D eigenvalue weighted by Gasteiger charge is -2.40. The fraction of sp³-hybridized carbons (Fsp3) is 0.562. The highest BCUT2D eigenvalue weighted by Gasteiger charge is 2.40. The molecule has 0 bridgehead atoms. The van der Waals surface area contributed by atoms with Crippen LogP contribution in [0, 0.1) is 17.2 Å². The predicted molar refractivity (Wildman–Crippen MR) is 77.2 cm³/mol. The fourth-order valence-corrected chi connectivity index (χ4v) is 3.13. The number of para-hydroxylation sites is 2. The Morgan fingerprint density at radius 2 is 2.21 bits per heavy atom. The third-order valence-corrected chi connectivity index (χ3v) is 4.23. The van der Waals surface area contributed by atoms with Gasteiger partial charge in [0, 0.05) is 0 Å². The molecule has 2 unspecified atom stereocenters. The van der Waals surface area contributed by atoms with Crippen LogP contribution in [0.2, 0.25) is 0 Å². The summed E-state index contributed by atoms with van der Waals surface area (Å²) in [6, 6.07) is 10.4. The first kappa shape index (κ1) is 13.7. The molecule has 1 aromatic rings. The lowest BCUT2D eigenvalue weighted by Crippen LogP contribution is -2.46. The van der Waals surface area contributed by atoms with Crippen LogP contribution in [0.5, 0.6) is 5.75 Å². The number of nitrogens with zero attached hydrogens (tertiary/aromatic N) is 1. The summed E-state index contributed by atoms with van der Waals surface area (Å²) < 4.78 is 5.37. The van der Waals surface area contributed by atoms with Crippen LogP contribution in [0.15, 0.2) is 24.3 Å². The number of anilines is 1. The van der Waals surface area contributed by atoms with Crippen molar-refractivity contribution in [2.24, 2.45) is 5.92 Å². The van der Waals surface area contributed by atoms with Crippen LogP contribution in [0.1, 0.15) is 39.0 Å². The number of hydrogen-bond acceptors (Lipinski definition) is 3. The van der Waals surface area contributed by atoms with Crippen LogP contribution in [0.25, 0.3) is 0 Å². The maximum Gasteiger partial charge on any atom is 0.141 e.